The highest BCUT2D eigenvalue weighted by atomic mass is 16.1. The van der Waals surface area contributed by atoms with Crippen molar-refractivity contribution in [3.63, 3.8) is 0 Å². The van der Waals surface area contributed by atoms with Crippen LogP contribution in [0, 0.1) is 0 Å². The molecule has 0 radical (unpaired) electrons. The molecule has 68 valence electrons. The summed E-state index contributed by atoms with van der Waals surface area (Å²) >= 11 is 0. The van der Waals surface area contributed by atoms with E-state index in [0.717, 1.165) is 5.69 Å². The molecule has 0 saturated carbocycles. The zero-order valence-electron chi connectivity index (χ0n) is 7.31. The number of hydrogen-bond donors (Lipinski definition) is 1. The smallest absolute Gasteiger partial charge is 0.168 e. The van der Waals surface area contributed by atoms with Crippen molar-refractivity contribution in [2.24, 2.45) is 5.73 Å². The normalized spacial score (nSPS) is 12.1. The van der Waals surface area contributed by atoms with E-state index in [1.165, 1.54) is 0 Å². The van der Waals surface area contributed by atoms with E-state index < -0.39 is 0 Å². The predicted octanol–water partition coefficient (Wildman–Crippen LogP) is 1.47. The maximum absolute atomic E-state index is 10.4. The maximum atomic E-state index is 10.4. The van der Waals surface area contributed by atoms with Crippen LogP contribution < -0.4 is 5.73 Å². The number of nitrogens with two attached hydrogens (primary N) is 1. The summed E-state index contributed by atoms with van der Waals surface area (Å²) in [6, 6.07) is 5.06. The Labute approximate surface area is 77.3 Å². The quantitative estimate of drug-likeness (QED) is 0.558. The van der Waals surface area contributed by atoms with E-state index in [0.29, 0.717) is 18.4 Å². The van der Waals surface area contributed by atoms with Gasteiger partial charge in [-0.15, -0.1) is 6.58 Å². The number of pyridine rings is 1. The molecule has 0 aromatic carbocycles. The van der Waals surface area contributed by atoms with Gasteiger partial charge in [-0.1, -0.05) is 12.1 Å². The van der Waals surface area contributed by atoms with Crippen molar-refractivity contribution in [3.05, 3.63) is 42.2 Å². The lowest BCUT2D eigenvalue weighted by atomic mass is 10.1. The lowest BCUT2D eigenvalue weighted by Gasteiger charge is -2.07. The fourth-order valence-corrected chi connectivity index (χ4v) is 1.04. The highest BCUT2D eigenvalue weighted by Crippen LogP contribution is 2.11. The van der Waals surface area contributed by atoms with E-state index in [1.807, 2.05) is 0 Å². The molecule has 1 aromatic heterocycles. The van der Waals surface area contributed by atoms with Crippen LogP contribution in [0.25, 0.3) is 0 Å². The molecule has 3 heteroatoms. The number of carbonyl (C=O) groups is 1. The fourth-order valence-electron chi connectivity index (χ4n) is 1.04. The van der Waals surface area contributed by atoms with Gasteiger partial charge >= 0.3 is 0 Å². The summed E-state index contributed by atoms with van der Waals surface area (Å²) in [5.74, 6) is 0. The van der Waals surface area contributed by atoms with Gasteiger partial charge in [-0.3, -0.25) is 4.79 Å². The lowest BCUT2D eigenvalue weighted by molar-refractivity contribution is 0.111. The lowest BCUT2D eigenvalue weighted by Crippen LogP contribution is -2.11. The molecule has 2 N–H and O–H groups in total. The predicted molar refractivity (Wildman–Crippen MR) is 51.4 cm³/mol. The molecule has 0 aliphatic carbocycles. The zero-order valence-corrected chi connectivity index (χ0v) is 7.31. The van der Waals surface area contributed by atoms with Gasteiger partial charge in [0.05, 0.1) is 11.7 Å². The minimum Gasteiger partial charge on any atom is -0.322 e. The van der Waals surface area contributed by atoms with Crippen LogP contribution in [0.1, 0.15) is 28.6 Å². The Hall–Kier alpha value is -1.48. The van der Waals surface area contributed by atoms with Crippen molar-refractivity contribution in [1.29, 1.82) is 0 Å². The topological polar surface area (TPSA) is 56.0 Å². The molecule has 0 unspecified atom stereocenters. The Bertz CT molecular complexity index is 310. The second kappa shape index (κ2) is 4.52. The van der Waals surface area contributed by atoms with Gasteiger partial charge in [-0.25, -0.2) is 4.98 Å². The summed E-state index contributed by atoms with van der Waals surface area (Å²) in [7, 11) is 0. The van der Waals surface area contributed by atoms with E-state index in [4.69, 9.17) is 5.73 Å². The van der Waals surface area contributed by atoms with Crippen molar-refractivity contribution >= 4 is 6.29 Å². The minimum atomic E-state index is -0.169. The Kier molecular flexibility index (Phi) is 3.34. The van der Waals surface area contributed by atoms with Crippen molar-refractivity contribution in [3.8, 4) is 0 Å². The molecule has 1 aromatic rings. The second-order valence-electron chi connectivity index (χ2n) is 2.74. The average molecular weight is 176 g/mol. The van der Waals surface area contributed by atoms with Gasteiger partial charge in [-0.2, -0.15) is 0 Å². The van der Waals surface area contributed by atoms with Crippen molar-refractivity contribution in [2.75, 3.05) is 0 Å². The van der Waals surface area contributed by atoms with Crippen LogP contribution in [-0.4, -0.2) is 11.3 Å². The first kappa shape index (κ1) is 9.61. The maximum Gasteiger partial charge on any atom is 0.168 e. The van der Waals surface area contributed by atoms with Gasteiger partial charge in [0.15, 0.2) is 6.29 Å². The summed E-state index contributed by atoms with van der Waals surface area (Å²) < 4.78 is 0. The number of rotatable bonds is 4. The van der Waals surface area contributed by atoms with Gasteiger partial charge < -0.3 is 5.73 Å². The van der Waals surface area contributed by atoms with Crippen LogP contribution >= 0.6 is 0 Å². The van der Waals surface area contributed by atoms with Gasteiger partial charge in [0.2, 0.25) is 0 Å². The molecule has 1 atom stereocenters. The first-order chi connectivity index (χ1) is 6.27. The second-order valence-corrected chi connectivity index (χ2v) is 2.74. The van der Waals surface area contributed by atoms with E-state index >= 15 is 0 Å². The van der Waals surface area contributed by atoms with Crippen molar-refractivity contribution in [1.82, 2.24) is 4.98 Å². The highest BCUT2D eigenvalue weighted by Gasteiger charge is 2.05. The number of carbonyl (C=O) groups excluding carboxylic acids is 1. The molecule has 0 spiro atoms. The largest absolute Gasteiger partial charge is 0.322 e. The monoisotopic (exact) mass is 176 g/mol. The Morgan fingerprint density at radius 2 is 2.38 bits per heavy atom. The van der Waals surface area contributed by atoms with Crippen molar-refractivity contribution < 1.29 is 4.79 Å². The fraction of sp³-hybridized carbons (Fsp3) is 0.200. The third-order valence-corrected chi connectivity index (χ3v) is 1.71. The number of aldehydes is 1. The summed E-state index contributed by atoms with van der Waals surface area (Å²) in [5.41, 5.74) is 6.92. The third-order valence-electron chi connectivity index (χ3n) is 1.71. The summed E-state index contributed by atoms with van der Waals surface area (Å²) in [4.78, 5) is 14.5. The molecule has 0 aliphatic rings. The van der Waals surface area contributed by atoms with Gasteiger partial charge in [0, 0.05) is 0 Å². The van der Waals surface area contributed by atoms with Gasteiger partial charge in [0.25, 0.3) is 0 Å². The number of hydrogen-bond acceptors (Lipinski definition) is 3. The standard InChI is InChI=1S/C10H12N2O/c1-2-4-9(11)10-6-3-5-8(7-13)12-10/h2-3,5-7,9H,1,4,11H2/t9-/m1/s1. The molecule has 13 heavy (non-hydrogen) atoms. The summed E-state index contributed by atoms with van der Waals surface area (Å²) in [6.07, 6.45) is 3.11. The van der Waals surface area contributed by atoms with E-state index in [-0.39, 0.29) is 6.04 Å². The van der Waals surface area contributed by atoms with Crippen LogP contribution in [-0.2, 0) is 0 Å². The van der Waals surface area contributed by atoms with E-state index in [1.54, 1.807) is 24.3 Å². The Morgan fingerprint density at radius 1 is 1.62 bits per heavy atom. The van der Waals surface area contributed by atoms with Crippen LogP contribution in [0.4, 0.5) is 0 Å². The molecule has 1 rings (SSSR count). The first-order valence-corrected chi connectivity index (χ1v) is 4.06. The minimum absolute atomic E-state index is 0.169. The molecule has 0 saturated heterocycles. The van der Waals surface area contributed by atoms with Gasteiger partial charge in [0.1, 0.15) is 5.69 Å². The molecule has 1 heterocycles. The van der Waals surface area contributed by atoms with Gasteiger partial charge in [-0.05, 0) is 18.6 Å². The number of aromatic nitrogens is 1. The highest BCUT2D eigenvalue weighted by molar-refractivity contribution is 5.71. The van der Waals surface area contributed by atoms with Crippen LogP contribution in [0.15, 0.2) is 30.9 Å². The summed E-state index contributed by atoms with van der Waals surface area (Å²) in [5, 5.41) is 0. The third kappa shape index (κ3) is 2.49. The molecule has 0 fully saturated rings. The summed E-state index contributed by atoms with van der Waals surface area (Å²) in [6.45, 7) is 3.59. The molecular formula is C10H12N2O. The van der Waals surface area contributed by atoms with Crippen LogP contribution in [0.5, 0.6) is 0 Å². The Morgan fingerprint density at radius 3 is 3.00 bits per heavy atom. The average Bonchev–Trinajstić information content (AvgIpc) is 2.18. The Balaban J connectivity index is 2.87. The SMILES string of the molecule is C=CC[C@@H](N)c1cccc(C=O)n1. The van der Waals surface area contributed by atoms with E-state index in [2.05, 4.69) is 11.6 Å². The van der Waals surface area contributed by atoms with E-state index in [9.17, 15) is 4.79 Å². The zero-order chi connectivity index (χ0) is 9.68. The van der Waals surface area contributed by atoms with Crippen LogP contribution in [0.3, 0.4) is 0 Å². The molecule has 0 amide bonds. The molecule has 0 aliphatic heterocycles. The number of nitrogens with zero attached hydrogens (tertiary/aromatic N) is 1. The molecule has 3 nitrogen and oxygen atoms in total. The molecular weight excluding hydrogens is 164 g/mol. The molecule has 0 bridgehead atoms. The van der Waals surface area contributed by atoms with Crippen LogP contribution in [0.2, 0.25) is 0 Å². The van der Waals surface area contributed by atoms with Crippen molar-refractivity contribution in [2.45, 2.75) is 12.5 Å². The first-order valence-electron chi connectivity index (χ1n) is 4.06.